The van der Waals surface area contributed by atoms with Crippen molar-refractivity contribution in [1.29, 1.82) is 0 Å². The van der Waals surface area contributed by atoms with Gasteiger partial charge in [0, 0.05) is 29.4 Å². The first kappa shape index (κ1) is 34.8. The average Bonchev–Trinajstić information content (AvgIpc) is 3.12. The fourth-order valence-electron chi connectivity index (χ4n) is 5.88. The van der Waals surface area contributed by atoms with Gasteiger partial charge in [0.2, 0.25) is 11.4 Å². The number of carboxylic acids is 1. The minimum absolute atomic E-state index is 0. The van der Waals surface area contributed by atoms with E-state index in [1.54, 1.807) is 71.6 Å². The second-order valence-electron chi connectivity index (χ2n) is 11.1. The van der Waals surface area contributed by atoms with Gasteiger partial charge in [-0.15, -0.1) is 12.4 Å². The number of carboxylic acid groups (broad SMARTS) is 1. The van der Waals surface area contributed by atoms with E-state index in [1.165, 1.54) is 20.4 Å². The Hall–Kier alpha value is -6.49. The molecule has 2 atom stereocenters. The predicted octanol–water partition coefficient (Wildman–Crippen LogP) is 5.55. The molecule has 0 amide bonds. The first-order valence-electron chi connectivity index (χ1n) is 15.2. The average molecular weight is 686 g/mol. The summed E-state index contributed by atoms with van der Waals surface area (Å²) in [5.74, 6) is 11.1. The number of aromatic nitrogens is 2. The van der Waals surface area contributed by atoms with E-state index in [0.29, 0.717) is 45.1 Å². The molecular formula is C39H32ClN5O5. The van der Waals surface area contributed by atoms with E-state index in [2.05, 4.69) is 33.6 Å². The Morgan fingerprint density at radius 1 is 0.860 bits per heavy atom. The van der Waals surface area contributed by atoms with Gasteiger partial charge < -0.3 is 30.9 Å². The Balaban J connectivity index is 0.00000486. The number of aliphatic carboxylic acids is 1. The largest absolute Gasteiger partial charge is 0.495 e. The molecule has 10 nitrogen and oxygen atoms in total. The van der Waals surface area contributed by atoms with Gasteiger partial charge in [0.15, 0.2) is 5.78 Å². The van der Waals surface area contributed by atoms with Crippen molar-refractivity contribution < 1.29 is 24.2 Å². The van der Waals surface area contributed by atoms with Gasteiger partial charge in [-0.2, -0.15) is 4.98 Å². The van der Waals surface area contributed by atoms with Crippen molar-refractivity contribution in [3.63, 3.8) is 0 Å². The number of hydrogen-bond acceptors (Lipinski definition) is 9. The van der Waals surface area contributed by atoms with Crippen LogP contribution in [0.15, 0.2) is 103 Å². The molecule has 2 unspecified atom stereocenters. The Kier molecular flexibility index (Phi) is 10.3. The maximum Gasteiger partial charge on any atom is 0.333 e. The van der Waals surface area contributed by atoms with Gasteiger partial charge in [-0.05, 0) is 48.0 Å². The number of carbonyl (C=O) groups excluding carboxylic acids is 1. The van der Waals surface area contributed by atoms with E-state index in [4.69, 9.17) is 20.9 Å². The zero-order chi connectivity index (χ0) is 34.5. The highest BCUT2D eigenvalue weighted by molar-refractivity contribution is 6.21. The number of fused-ring (bicyclic) bond motifs is 1. The molecule has 0 aliphatic carbocycles. The quantitative estimate of drug-likeness (QED) is 0.153. The standard InChI is InChI=1S/C39H31N5O5.ClH/c1-48-31-17-8-6-11-25(31)19-20-33-39(37(46)47,22-21-26-12-7-9-18-32(26)49-2)35(45)34-27(23-28-24-42-38(41)43-36(28)40)13-10-16-30(34)44(33)29-14-4-3-5-15-29;/h3-18,24,33H,23H2,1-2H3,(H,46,47)(H4,40,41,42,43);1H. The lowest BCUT2D eigenvalue weighted by molar-refractivity contribution is -0.143. The monoisotopic (exact) mass is 685 g/mol. The van der Waals surface area contributed by atoms with Crippen LogP contribution in [-0.4, -0.2) is 47.1 Å². The van der Waals surface area contributed by atoms with E-state index < -0.39 is 23.2 Å². The van der Waals surface area contributed by atoms with Crippen molar-refractivity contribution in [2.24, 2.45) is 5.41 Å². The summed E-state index contributed by atoms with van der Waals surface area (Å²) in [4.78, 5) is 38.9. The Morgan fingerprint density at radius 3 is 2.10 bits per heavy atom. The Labute approximate surface area is 295 Å². The molecule has 6 rings (SSSR count). The Bertz CT molecular complexity index is 2210. The Morgan fingerprint density at radius 2 is 1.48 bits per heavy atom. The molecule has 50 heavy (non-hydrogen) atoms. The molecule has 0 fully saturated rings. The molecule has 5 aromatic rings. The maximum atomic E-state index is 15.1. The predicted molar refractivity (Wildman–Crippen MR) is 194 cm³/mol. The van der Waals surface area contributed by atoms with Crippen LogP contribution in [0.1, 0.15) is 32.6 Å². The molecule has 1 aliphatic heterocycles. The van der Waals surface area contributed by atoms with Gasteiger partial charge in [0.1, 0.15) is 23.4 Å². The SMILES string of the molecule is COc1ccccc1C#CC1N(c2ccccc2)c2cccc(Cc3cnc(N)nc3N)c2C(=O)C1(C#Cc1ccccc1OC)C(=O)O.Cl. The molecule has 0 saturated carbocycles. The van der Waals surface area contributed by atoms with Gasteiger partial charge in [0.25, 0.3) is 0 Å². The molecule has 0 bridgehead atoms. The summed E-state index contributed by atoms with van der Waals surface area (Å²) in [6, 6.07) is 27.2. The highest BCUT2D eigenvalue weighted by Gasteiger charge is 2.58. The number of halogens is 1. The fraction of sp³-hybridized carbons (Fsp3) is 0.128. The summed E-state index contributed by atoms with van der Waals surface area (Å²) in [6.07, 6.45) is 1.61. The van der Waals surface area contributed by atoms with E-state index in [-0.39, 0.29) is 36.2 Å². The topological polar surface area (TPSA) is 154 Å². The summed E-state index contributed by atoms with van der Waals surface area (Å²) in [5, 5.41) is 11.2. The highest BCUT2D eigenvalue weighted by atomic mass is 35.5. The lowest BCUT2D eigenvalue weighted by Gasteiger charge is -2.44. The number of hydrogen-bond donors (Lipinski definition) is 3. The molecule has 1 aromatic heterocycles. The van der Waals surface area contributed by atoms with Crippen LogP contribution in [0.4, 0.5) is 23.1 Å². The number of benzene rings is 4. The van der Waals surface area contributed by atoms with Crippen LogP contribution in [0.5, 0.6) is 11.5 Å². The molecule has 0 radical (unpaired) electrons. The van der Waals surface area contributed by atoms with Crippen LogP contribution in [0, 0.1) is 29.1 Å². The normalized spacial score (nSPS) is 16.0. The summed E-state index contributed by atoms with van der Waals surface area (Å²) in [6.45, 7) is 0. The summed E-state index contributed by atoms with van der Waals surface area (Å²) >= 11 is 0. The van der Waals surface area contributed by atoms with Gasteiger partial charge >= 0.3 is 5.97 Å². The van der Waals surface area contributed by atoms with Crippen molar-refractivity contribution >= 4 is 47.3 Å². The summed E-state index contributed by atoms with van der Waals surface area (Å²) in [7, 11) is 3.02. The number of para-hydroxylation sites is 3. The second-order valence-corrected chi connectivity index (χ2v) is 11.1. The van der Waals surface area contributed by atoms with E-state index in [1.807, 2.05) is 30.3 Å². The lowest BCUT2D eigenvalue weighted by Crippen LogP contribution is -2.58. The van der Waals surface area contributed by atoms with Crippen LogP contribution in [0.25, 0.3) is 0 Å². The molecule has 0 saturated heterocycles. The zero-order valence-corrected chi connectivity index (χ0v) is 27.9. The van der Waals surface area contributed by atoms with Gasteiger partial charge in [-0.25, -0.2) is 9.78 Å². The van der Waals surface area contributed by atoms with Crippen LogP contribution in [0.2, 0.25) is 0 Å². The molecule has 2 heterocycles. The van der Waals surface area contributed by atoms with Gasteiger partial charge in [0.05, 0.1) is 31.0 Å². The molecule has 11 heteroatoms. The first-order valence-corrected chi connectivity index (χ1v) is 15.2. The van der Waals surface area contributed by atoms with Crippen LogP contribution in [0.3, 0.4) is 0 Å². The lowest BCUT2D eigenvalue weighted by atomic mass is 9.69. The smallest absolute Gasteiger partial charge is 0.333 e. The number of rotatable bonds is 6. The minimum atomic E-state index is -2.39. The number of nitrogens with two attached hydrogens (primary N) is 2. The van der Waals surface area contributed by atoms with Gasteiger partial charge in [-0.1, -0.05) is 78.3 Å². The number of nitrogens with zero attached hydrogens (tertiary/aromatic N) is 3. The number of ketones is 1. The highest BCUT2D eigenvalue weighted by Crippen LogP contribution is 2.47. The summed E-state index contributed by atoms with van der Waals surface area (Å²) < 4.78 is 11.0. The number of Topliss-reactive ketones (excluding diaryl/α,β-unsaturated/α-hetero) is 1. The third-order valence-electron chi connectivity index (χ3n) is 8.26. The van der Waals surface area contributed by atoms with E-state index >= 15 is 4.79 Å². The van der Waals surface area contributed by atoms with Crippen LogP contribution < -0.4 is 25.8 Å². The van der Waals surface area contributed by atoms with Crippen LogP contribution >= 0.6 is 12.4 Å². The maximum absolute atomic E-state index is 15.1. The number of carbonyl (C=O) groups is 2. The third kappa shape index (κ3) is 6.36. The van der Waals surface area contributed by atoms with E-state index in [9.17, 15) is 9.90 Å². The van der Waals surface area contributed by atoms with Gasteiger partial charge in [-0.3, -0.25) is 4.79 Å². The van der Waals surface area contributed by atoms with Crippen molar-refractivity contribution in [2.45, 2.75) is 12.5 Å². The van der Waals surface area contributed by atoms with Crippen molar-refractivity contribution in [3.05, 3.63) is 131 Å². The molecule has 4 aromatic carbocycles. The fourth-order valence-corrected chi connectivity index (χ4v) is 5.88. The van der Waals surface area contributed by atoms with Crippen molar-refractivity contribution in [1.82, 2.24) is 9.97 Å². The number of ether oxygens (including phenoxy) is 2. The number of methoxy groups -OCH3 is 2. The second kappa shape index (κ2) is 14.7. The molecule has 0 spiro atoms. The van der Waals surface area contributed by atoms with Crippen molar-refractivity contribution in [2.75, 3.05) is 30.6 Å². The summed E-state index contributed by atoms with van der Waals surface area (Å²) in [5.41, 5.74) is 12.7. The third-order valence-corrected chi connectivity index (χ3v) is 8.26. The molecule has 5 N–H and O–H groups in total. The number of nitrogen functional groups attached to an aromatic ring is 2. The minimum Gasteiger partial charge on any atom is -0.495 e. The molecule has 1 aliphatic rings. The zero-order valence-electron chi connectivity index (χ0n) is 27.1. The molecular weight excluding hydrogens is 654 g/mol. The number of anilines is 4. The first-order chi connectivity index (χ1) is 23.8. The molecule has 250 valence electrons. The van der Waals surface area contributed by atoms with Crippen molar-refractivity contribution in [3.8, 4) is 35.2 Å². The van der Waals surface area contributed by atoms with E-state index in [0.717, 1.165) is 0 Å². The van der Waals surface area contributed by atoms with Crippen LogP contribution in [-0.2, 0) is 11.2 Å².